The predicted octanol–water partition coefficient (Wildman–Crippen LogP) is 4.18. The maximum absolute atomic E-state index is 13.3. The molecule has 2 amide bonds. The van der Waals surface area contributed by atoms with E-state index in [1.165, 1.54) is 24.3 Å². The fourth-order valence-electron chi connectivity index (χ4n) is 3.11. The SMILES string of the molecule is Cc1ccc([N+](=O)[O-])cc1C#CCCCC1(S(=O)(=O)c2ccc(I)cc2)SC(=O)NC1=O. The lowest BCUT2D eigenvalue weighted by Gasteiger charge is -2.24. The number of benzene rings is 2. The highest BCUT2D eigenvalue weighted by atomic mass is 127. The van der Waals surface area contributed by atoms with Crippen LogP contribution in [0.4, 0.5) is 10.5 Å². The van der Waals surface area contributed by atoms with Gasteiger partial charge >= 0.3 is 0 Å². The molecule has 0 spiro atoms. The second-order valence-corrected chi connectivity index (χ2v) is 11.9. The zero-order valence-corrected chi connectivity index (χ0v) is 20.5. The predicted molar refractivity (Wildman–Crippen MR) is 129 cm³/mol. The molecule has 1 saturated heterocycles. The summed E-state index contributed by atoms with van der Waals surface area (Å²) in [5, 5.41) is 12.3. The summed E-state index contributed by atoms with van der Waals surface area (Å²) in [6.07, 6.45) is 0.374. The van der Waals surface area contributed by atoms with E-state index in [1.54, 1.807) is 25.1 Å². The van der Waals surface area contributed by atoms with Crippen molar-refractivity contribution in [3.05, 3.63) is 67.3 Å². The molecule has 0 aliphatic carbocycles. The van der Waals surface area contributed by atoms with Crippen LogP contribution in [-0.2, 0) is 14.6 Å². The molecule has 0 saturated carbocycles. The van der Waals surface area contributed by atoms with Gasteiger partial charge < -0.3 is 0 Å². The summed E-state index contributed by atoms with van der Waals surface area (Å²) in [7, 11) is -4.16. The number of nitrogens with zero attached hydrogens (tertiary/aromatic N) is 1. The van der Waals surface area contributed by atoms with Crippen molar-refractivity contribution in [3.8, 4) is 11.8 Å². The largest absolute Gasteiger partial charge is 0.287 e. The Morgan fingerprint density at radius 1 is 1.19 bits per heavy atom. The Hall–Kier alpha value is -2.43. The Kier molecular flexibility index (Phi) is 7.26. The van der Waals surface area contributed by atoms with Gasteiger partial charge in [-0.25, -0.2) is 8.42 Å². The molecule has 32 heavy (non-hydrogen) atoms. The Labute approximate surface area is 202 Å². The molecule has 166 valence electrons. The average molecular weight is 584 g/mol. The number of hydrogen-bond donors (Lipinski definition) is 1. The maximum Gasteiger partial charge on any atom is 0.287 e. The van der Waals surface area contributed by atoms with E-state index in [0.717, 1.165) is 9.13 Å². The van der Waals surface area contributed by atoms with Crippen molar-refractivity contribution in [2.24, 2.45) is 0 Å². The van der Waals surface area contributed by atoms with Gasteiger partial charge in [-0.05, 0) is 83.9 Å². The van der Waals surface area contributed by atoms with Gasteiger partial charge in [0.15, 0.2) is 0 Å². The van der Waals surface area contributed by atoms with E-state index < -0.39 is 30.0 Å². The quantitative estimate of drug-likeness (QED) is 0.178. The van der Waals surface area contributed by atoms with Crippen molar-refractivity contribution >= 4 is 61.0 Å². The first-order chi connectivity index (χ1) is 15.1. The van der Waals surface area contributed by atoms with Gasteiger partial charge in [0, 0.05) is 27.7 Å². The number of sulfone groups is 1. The highest BCUT2D eigenvalue weighted by molar-refractivity contribution is 14.1. The third-order valence-corrected chi connectivity index (χ3v) is 9.62. The van der Waals surface area contributed by atoms with E-state index >= 15 is 0 Å². The number of thioether (sulfide) groups is 1. The highest BCUT2D eigenvalue weighted by Crippen LogP contribution is 2.44. The van der Waals surface area contributed by atoms with Gasteiger partial charge in [-0.15, -0.1) is 0 Å². The molecule has 2 aromatic rings. The molecule has 8 nitrogen and oxygen atoms in total. The second-order valence-electron chi connectivity index (χ2n) is 6.97. The number of imide groups is 1. The van der Waals surface area contributed by atoms with Gasteiger partial charge in [-0.3, -0.25) is 25.0 Å². The van der Waals surface area contributed by atoms with E-state index in [4.69, 9.17) is 0 Å². The summed E-state index contributed by atoms with van der Waals surface area (Å²) in [6, 6.07) is 10.5. The minimum absolute atomic E-state index is 0.0337. The van der Waals surface area contributed by atoms with E-state index in [-0.39, 0.29) is 29.8 Å². The third kappa shape index (κ3) is 4.82. The van der Waals surface area contributed by atoms with E-state index in [9.17, 15) is 28.1 Å². The lowest BCUT2D eigenvalue weighted by molar-refractivity contribution is -0.384. The summed E-state index contributed by atoms with van der Waals surface area (Å²) in [5.41, 5.74) is 1.21. The van der Waals surface area contributed by atoms with Gasteiger partial charge in [0.1, 0.15) is 0 Å². The molecule has 11 heteroatoms. The summed E-state index contributed by atoms with van der Waals surface area (Å²) in [5.74, 6) is 4.89. The number of halogens is 1. The summed E-state index contributed by atoms with van der Waals surface area (Å²) < 4.78 is 25.5. The van der Waals surface area contributed by atoms with Crippen LogP contribution in [0.3, 0.4) is 0 Å². The highest BCUT2D eigenvalue weighted by Gasteiger charge is 2.57. The van der Waals surface area contributed by atoms with E-state index in [2.05, 4.69) is 17.2 Å². The molecule has 0 radical (unpaired) electrons. The molecule has 1 unspecified atom stereocenters. The lowest BCUT2D eigenvalue weighted by Crippen LogP contribution is -2.43. The van der Waals surface area contributed by atoms with E-state index in [1.807, 2.05) is 22.6 Å². The molecular formula is C21H17IN2O6S2. The second kappa shape index (κ2) is 9.60. The van der Waals surface area contributed by atoms with Crippen molar-refractivity contribution in [3.63, 3.8) is 0 Å². The topological polar surface area (TPSA) is 123 Å². The molecule has 2 aromatic carbocycles. The number of carbonyl (C=O) groups excluding carboxylic acids is 2. The van der Waals surface area contributed by atoms with Crippen LogP contribution in [0.1, 0.15) is 30.4 Å². The Morgan fingerprint density at radius 2 is 1.88 bits per heavy atom. The molecule has 1 N–H and O–H groups in total. The van der Waals surface area contributed by atoms with E-state index in [0.29, 0.717) is 17.3 Å². The zero-order valence-electron chi connectivity index (χ0n) is 16.8. The number of unbranched alkanes of at least 4 members (excludes halogenated alkanes) is 1. The van der Waals surface area contributed by atoms with Crippen molar-refractivity contribution in [2.75, 3.05) is 0 Å². The molecule has 1 fully saturated rings. The van der Waals surface area contributed by atoms with Gasteiger partial charge in [-0.2, -0.15) is 0 Å². The van der Waals surface area contributed by atoms with Gasteiger partial charge in [0.05, 0.1) is 9.82 Å². The normalized spacial score (nSPS) is 18.1. The number of amides is 2. The Morgan fingerprint density at radius 3 is 2.47 bits per heavy atom. The average Bonchev–Trinajstić information content (AvgIpc) is 3.03. The molecule has 1 heterocycles. The first-order valence-electron chi connectivity index (χ1n) is 9.35. The smallest absolute Gasteiger partial charge is 0.285 e. The van der Waals surface area contributed by atoms with Crippen molar-refractivity contribution in [2.45, 2.75) is 35.2 Å². The van der Waals surface area contributed by atoms with Crippen LogP contribution in [0.25, 0.3) is 0 Å². The number of nitro groups is 1. The fraction of sp³-hybridized carbons (Fsp3) is 0.238. The number of aryl methyl sites for hydroxylation is 1. The Balaban J connectivity index is 1.81. The van der Waals surface area contributed by atoms with Crippen LogP contribution in [0.5, 0.6) is 0 Å². The number of rotatable bonds is 6. The minimum atomic E-state index is -4.16. The zero-order chi connectivity index (χ0) is 23.5. The molecular weight excluding hydrogens is 567 g/mol. The summed E-state index contributed by atoms with van der Waals surface area (Å²) >= 11 is 2.52. The summed E-state index contributed by atoms with van der Waals surface area (Å²) in [6.45, 7) is 1.78. The molecule has 1 aliphatic heterocycles. The van der Waals surface area contributed by atoms with Gasteiger partial charge in [0.25, 0.3) is 16.8 Å². The van der Waals surface area contributed by atoms with Crippen LogP contribution in [0.2, 0.25) is 0 Å². The van der Waals surface area contributed by atoms with Gasteiger partial charge in [-0.1, -0.05) is 17.9 Å². The first-order valence-corrected chi connectivity index (χ1v) is 12.7. The van der Waals surface area contributed by atoms with Crippen LogP contribution in [-0.4, -0.2) is 28.6 Å². The van der Waals surface area contributed by atoms with Crippen molar-refractivity contribution in [1.82, 2.24) is 5.32 Å². The lowest BCUT2D eigenvalue weighted by atomic mass is 10.1. The summed E-state index contributed by atoms with van der Waals surface area (Å²) in [4.78, 5) is 34.9. The first kappa shape index (κ1) is 24.2. The van der Waals surface area contributed by atoms with Crippen molar-refractivity contribution < 1.29 is 22.9 Å². The number of hydrogen-bond acceptors (Lipinski definition) is 7. The maximum atomic E-state index is 13.3. The number of non-ortho nitro benzene ring substituents is 1. The molecule has 0 aromatic heterocycles. The monoisotopic (exact) mass is 584 g/mol. The molecule has 3 rings (SSSR count). The number of nitro benzene ring substituents is 1. The molecule has 1 aliphatic rings. The van der Waals surface area contributed by atoms with Gasteiger partial charge in [0.2, 0.25) is 13.9 Å². The van der Waals surface area contributed by atoms with Crippen LogP contribution in [0, 0.1) is 32.4 Å². The third-order valence-electron chi connectivity index (χ3n) is 4.84. The van der Waals surface area contributed by atoms with Crippen molar-refractivity contribution in [1.29, 1.82) is 0 Å². The Bertz CT molecular complexity index is 1270. The van der Waals surface area contributed by atoms with Crippen LogP contribution >= 0.6 is 34.4 Å². The number of carbonyl (C=O) groups is 2. The molecule has 1 atom stereocenters. The number of nitrogens with one attached hydrogen (secondary N) is 1. The van der Waals surface area contributed by atoms with Crippen LogP contribution in [0.15, 0.2) is 47.4 Å². The molecule has 0 bridgehead atoms. The fourth-order valence-corrected chi connectivity index (χ4v) is 6.85. The minimum Gasteiger partial charge on any atom is -0.285 e. The van der Waals surface area contributed by atoms with Crippen LogP contribution < -0.4 is 5.32 Å². The standard InChI is InChI=1S/C21H17IN2O6S2/c1-14-6-9-17(24(27)28)13-15(14)5-3-2-4-12-21(19(25)23-20(26)31-21)32(29,30)18-10-7-16(22)8-11-18/h6-11,13H,2,4,12H2,1H3,(H,23,25,26).